The van der Waals surface area contributed by atoms with E-state index in [-0.39, 0.29) is 11.3 Å². The molecule has 0 saturated heterocycles. The maximum absolute atomic E-state index is 12.3. The molecule has 0 atom stereocenters. The van der Waals surface area contributed by atoms with E-state index in [1.165, 1.54) is 18.3 Å². The number of carbonyl (C=O) groups is 1. The Morgan fingerprint density at radius 1 is 1.24 bits per heavy atom. The van der Waals surface area contributed by atoms with E-state index in [4.69, 9.17) is 0 Å². The number of aromatic nitrogens is 1. The van der Waals surface area contributed by atoms with E-state index < -0.39 is 17.9 Å². The summed E-state index contributed by atoms with van der Waals surface area (Å²) in [7, 11) is 0. The van der Waals surface area contributed by atoms with Crippen LogP contribution in [0.4, 0.5) is 13.2 Å². The van der Waals surface area contributed by atoms with Crippen LogP contribution in [0.1, 0.15) is 28.5 Å². The molecule has 0 spiro atoms. The molecule has 0 aliphatic heterocycles. The number of hydrogen-bond donors (Lipinski definition) is 0. The van der Waals surface area contributed by atoms with Gasteiger partial charge in [0.25, 0.3) is 0 Å². The maximum atomic E-state index is 12.3. The van der Waals surface area contributed by atoms with Crippen LogP contribution in [0, 0.1) is 0 Å². The molecule has 2 rings (SSSR count). The van der Waals surface area contributed by atoms with E-state index >= 15 is 0 Å². The van der Waals surface area contributed by atoms with Gasteiger partial charge in [0.15, 0.2) is 0 Å². The zero-order chi connectivity index (χ0) is 15.5. The van der Waals surface area contributed by atoms with Crippen molar-refractivity contribution < 1.29 is 22.7 Å². The van der Waals surface area contributed by atoms with E-state index in [2.05, 4.69) is 9.72 Å². The Kier molecular flexibility index (Phi) is 4.26. The predicted molar refractivity (Wildman–Crippen MR) is 70.2 cm³/mol. The number of benzene rings is 1. The number of ether oxygens (including phenoxy) is 1. The Morgan fingerprint density at radius 2 is 2.00 bits per heavy atom. The Morgan fingerprint density at radius 3 is 2.67 bits per heavy atom. The van der Waals surface area contributed by atoms with Crippen molar-refractivity contribution >= 4 is 5.78 Å². The first kappa shape index (κ1) is 15.0. The SMILES string of the molecule is CCc1cccnc1C(=O)c1cccc(OC(F)(F)F)c1. The van der Waals surface area contributed by atoms with Crippen molar-refractivity contribution in [3.8, 4) is 5.75 Å². The summed E-state index contributed by atoms with van der Waals surface area (Å²) >= 11 is 0. The van der Waals surface area contributed by atoms with E-state index in [1.807, 2.05) is 6.92 Å². The van der Waals surface area contributed by atoms with Crippen molar-refractivity contribution in [1.29, 1.82) is 0 Å². The molecule has 0 aliphatic carbocycles. The number of alkyl halides is 3. The van der Waals surface area contributed by atoms with Crippen molar-refractivity contribution in [3.05, 3.63) is 59.4 Å². The first-order valence-corrected chi connectivity index (χ1v) is 6.25. The van der Waals surface area contributed by atoms with Gasteiger partial charge in [-0.15, -0.1) is 13.2 Å². The largest absolute Gasteiger partial charge is 0.573 e. The zero-order valence-corrected chi connectivity index (χ0v) is 11.1. The number of nitrogens with zero attached hydrogens (tertiary/aromatic N) is 1. The molecule has 6 heteroatoms. The summed E-state index contributed by atoms with van der Waals surface area (Å²) in [6, 6.07) is 8.44. The number of aryl methyl sites for hydroxylation is 1. The van der Waals surface area contributed by atoms with Gasteiger partial charge in [-0.2, -0.15) is 0 Å². The molecule has 0 unspecified atom stereocenters. The van der Waals surface area contributed by atoms with Gasteiger partial charge in [0.05, 0.1) is 0 Å². The summed E-state index contributed by atoms with van der Waals surface area (Å²) in [4.78, 5) is 16.4. The molecule has 0 saturated carbocycles. The molecule has 1 aromatic heterocycles. The highest BCUT2D eigenvalue weighted by Gasteiger charge is 2.31. The minimum Gasteiger partial charge on any atom is -0.406 e. The van der Waals surface area contributed by atoms with Gasteiger partial charge in [-0.05, 0) is 30.2 Å². The van der Waals surface area contributed by atoms with E-state index in [0.29, 0.717) is 6.42 Å². The van der Waals surface area contributed by atoms with Crippen molar-refractivity contribution in [2.45, 2.75) is 19.7 Å². The second-order valence-corrected chi connectivity index (χ2v) is 4.27. The summed E-state index contributed by atoms with van der Waals surface area (Å²) < 4.78 is 40.4. The molecular weight excluding hydrogens is 283 g/mol. The summed E-state index contributed by atoms with van der Waals surface area (Å²) in [6.45, 7) is 1.87. The normalized spacial score (nSPS) is 11.2. The topological polar surface area (TPSA) is 39.2 Å². The second-order valence-electron chi connectivity index (χ2n) is 4.27. The Balaban J connectivity index is 2.33. The van der Waals surface area contributed by atoms with Crippen molar-refractivity contribution in [2.75, 3.05) is 0 Å². The zero-order valence-electron chi connectivity index (χ0n) is 11.1. The average molecular weight is 295 g/mol. The van der Waals surface area contributed by atoms with Crippen LogP contribution in [0.2, 0.25) is 0 Å². The Hall–Kier alpha value is -2.37. The second kappa shape index (κ2) is 5.95. The fraction of sp³-hybridized carbons (Fsp3) is 0.200. The highest BCUT2D eigenvalue weighted by atomic mass is 19.4. The maximum Gasteiger partial charge on any atom is 0.573 e. The van der Waals surface area contributed by atoms with Crippen LogP contribution in [0.25, 0.3) is 0 Å². The van der Waals surface area contributed by atoms with E-state index in [0.717, 1.165) is 17.7 Å². The number of pyridine rings is 1. The predicted octanol–water partition coefficient (Wildman–Crippen LogP) is 3.77. The van der Waals surface area contributed by atoms with Crippen molar-refractivity contribution in [3.63, 3.8) is 0 Å². The van der Waals surface area contributed by atoms with Gasteiger partial charge in [0, 0.05) is 11.8 Å². The Bertz CT molecular complexity index is 653. The fourth-order valence-corrected chi connectivity index (χ4v) is 1.90. The average Bonchev–Trinajstić information content (AvgIpc) is 2.45. The Labute approximate surface area is 119 Å². The number of halogens is 3. The van der Waals surface area contributed by atoms with Gasteiger partial charge < -0.3 is 4.74 Å². The number of rotatable bonds is 4. The van der Waals surface area contributed by atoms with E-state index in [9.17, 15) is 18.0 Å². The lowest BCUT2D eigenvalue weighted by atomic mass is 10.0. The lowest BCUT2D eigenvalue weighted by Gasteiger charge is -2.10. The minimum absolute atomic E-state index is 0.102. The molecule has 0 radical (unpaired) electrons. The van der Waals surface area contributed by atoms with Crippen LogP contribution in [0.5, 0.6) is 5.75 Å². The van der Waals surface area contributed by atoms with Crippen LogP contribution in [-0.2, 0) is 6.42 Å². The highest BCUT2D eigenvalue weighted by molar-refractivity contribution is 6.08. The van der Waals surface area contributed by atoms with Crippen LogP contribution < -0.4 is 4.74 Å². The third kappa shape index (κ3) is 3.81. The molecule has 110 valence electrons. The number of hydrogen-bond acceptors (Lipinski definition) is 3. The van der Waals surface area contributed by atoms with Gasteiger partial charge >= 0.3 is 6.36 Å². The van der Waals surface area contributed by atoms with Gasteiger partial charge in [-0.3, -0.25) is 9.78 Å². The molecule has 0 aliphatic rings. The van der Waals surface area contributed by atoms with Gasteiger partial charge in [-0.25, -0.2) is 0 Å². The molecule has 1 heterocycles. The molecule has 21 heavy (non-hydrogen) atoms. The van der Waals surface area contributed by atoms with Crippen LogP contribution in [0.3, 0.4) is 0 Å². The smallest absolute Gasteiger partial charge is 0.406 e. The quantitative estimate of drug-likeness (QED) is 0.806. The summed E-state index contributed by atoms with van der Waals surface area (Å²) in [5, 5.41) is 0. The summed E-state index contributed by atoms with van der Waals surface area (Å²) in [5.41, 5.74) is 1.08. The van der Waals surface area contributed by atoms with Gasteiger partial charge in [0.1, 0.15) is 11.4 Å². The van der Waals surface area contributed by atoms with Gasteiger partial charge in [-0.1, -0.05) is 25.1 Å². The number of carbonyl (C=O) groups excluding carboxylic acids is 1. The summed E-state index contributed by atoms with van der Waals surface area (Å²) in [5.74, 6) is -0.859. The first-order chi connectivity index (χ1) is 9.90. The lowest BCUT2D eigenvalue weighted by Crippen LogP contribution is -2.17. The van der Waals surface area contributed by atoms with E-state index in [1.54, 1.807) is 12.1 Å². The third-order valence-corrected chi connectivity index (χ3v) is 2.82. The molecule has 2 aromatic rings. The molecule has 0 amide bonds. The molecule has 3 nitrogen and oxygen atoms in total. The lowest BCUT2D eigenvalue weighted by molar-refractivity contribution is -0.274. The standard InChI is InChI=1S/C15H12F3NO2/c1-2-10-6-4-8-19-13(10)14(20)11-5-3-7-12(9-11)21-15(16,17)18/h3-9H,2H2,1H3. The monoisotopic (exact) mass is 295 g/mol. The first-order valence-electron chi connectivity index (χ1n) is 6.25. The van der Waals surface area contributed by atoms with Crippen molar-refractivity contribution in [1.82, 2.24) is 4.98 Å². The molecule has 0 bridgehead atoms. The van der Waals surface area contributed by atoms with Crippen LogP contribution >= 0.6 is 0 Å². The van der Waals surface area contributed by atoms with Crippen LogP contribution in [-0.4, -0.2) is 17.1 Å². The minimum atomic E-state index is -4.79. The fourth-order valence-electron chi connectivity index (χ4n) is 1.90. The number of ketones is 1. The highest BCUT2D eigenvalue weighted by Crippen LogP contribution is 2.24. The summed E-state index contributed by atoms with van der Waals surface area (Å²) in [6.07, 6.45) is -2.71. The molecule has 0 fully saturated rings. The van der Waals surface area contributed by atoms with Crippen molar-refractivity contribution in [2.24, 2.45) is 0 Å². The van der Waals surface area contributed by atoms with Crippen LogP contribution in [0.15, 0.2) is 42.6 Å². The third-order valence-electron chi connectivity index (χ3n) is 2.82. The molecule has 1 aromatic carbocycles. The molecular formula is C15H12F3NO2. The van der Waals surface area contributed by atoms with Gasteiger partial charge in [0.2, 0.25) is 5.78 Å². The molecule has 0 N–H and O–H groups in total.